The number of guanidine groups is 1. The maximum atomic E-state index is 12.6. The van der Waals surface area contributed by atoms with Gasteiger partial charge in [0, 0.05) is 38.8 Å². The van der Waals surface area contributed by atoms with Crippen molar-refractivity contribution in [3.63, 3.8) is 0 Å². The molecule has 2 saturated heterocycles. The minimum Gasteiger partial charge on any atom is -0.370 e. The number of nitrogens with one attached hydrogen (secondary N) is 2. The van der Waals surface area contributed by atoms with Gasteiger partial charge in [-0.1, -0.05) is 36.4 Å². The highest BCUT2D eigenvalue weighted by molar-refractivity contribution is 5.97. The number of piperazine rings is 1. The molecule has 2 N–H and O–H groups in total. The predicted molar refractivity (Wildman–Crippen MR) is 127 cm³/mol. The van der Waals surface area contributed by atoms with Gasteiger partial charge in [-0.2, -0.15) is 0 Å². The van der Waals surface area contributed by atoms with Gasteiger partial charge in [-0.3, -0.25) is 14.6 Å². The van der Waals surface area contributed by atoms with Gasteiger partial charge in [0.2, 0.25) is 5.91 Å². The average Bonchev–Trinajstić information content (AvgIpc) is 2.85. The Morgan fingerprint density at radius 2 is 1.94 bits per heavy atom. The third-order valence-electron chi connectivity index (χ3n) is 6.09. The summed E-state index contributed by atoms with van der Waals surface area (Å²) in [6.45, 7) is 6.01. The van der Waals surface area contributed by atoms with Gasteiger partial charge < -0.3 is 25.2 Å². The molecule has 1 unspecified atom stereocenters. The van der Waals surface area contributed by atoms with Crippen molar-refractivity contribution in [1.82, 2.24) is 20.4 Å². The molecule has 2 heterocycles. The maximum Gasteiger partial charge on any atom is 0.254 e. The van der Waals surface area contributed by atoms with E-state index in [1.165, 1.54) is 11.1 Å². The minimum atomic E-state index is -0.116. The van der Waals surface area contributed by atoms with Gasteiger partial charge in [0.25, 0.3) is 5.91 Å². The molecule has 2 aromatic rings. The Bertz CT molecular complexity index is 1020. The molecule has 0 bridgehead atoms. The Kier molecular flexibility index (Phi) is 7.24. The fourth-order valence-electron chi connectivity index (χ4n) is 4.25. The summed E-state index contributed by atoms with van der Waals surface area (Å²) in [6, 6.07) is 15.8. The second kappa shape index (κ2) is 10.5. The van der Waals surface area contributed by atoms with Crippen molar-refractivity contribution in [2.75, 3.05) is 46.4 Å². The first-order valence-electron chi connectivity index (χ1n) is 11.3. The lowest BCUT2D eigenvalue weighted by Gasteiger charge is -2.35. The molecule has 2 aromatic carbocycles. The molecule has 0 aromatic heterocycles. The fraction of sp³-hybridized carbons (Fsp3) is 0.400. The summed E-state index contributed by atoms with van der Waals surface area (Å²) in [7, 11) is 1.79. The first-order valence-corrected chi connectivity index (χ1v) is 11.3. The summed E-state index contributed by atoms with van der Waals surface area (Å²) in [5.41, 5.74) is 4.08. The first kappa shape index (κ1) is 22.8. The summed E-state index contributed by atoms with van der Waals surface area (Å²) in [5, 5.41) is 6.17. The molecule has 1 atom stereocenters. The van der Waals surface area contributed by atoms with E-state index in [9.17, 15) is 9.59 Å². The monoisotopic (exact) mass is 449 g/mol. The van der Waals surface area contributed by atoms with Crippen molar-refractivity contribution in [2.45, 2.75) is 19.6 Å². The van der Waals surface area contributed by atoms with Crippen molar-refractivity contribution in [2.24, 2.45) is 4.99 Å². The highest BCUT2D eigenvalue weighted by Crippen LogP contribution is 2.25. The molecule has 0 saturated carbocycles. The Labute approximate surface area is 194 Å². The van der Waals surface area contributed by atoms with Crippen molar-refractivity contribution in [3.05, 3.63) is 70.8 Å². The van der Waals surface area contributed by atoms with Crippen molar-refractivity contribution >= 4 is 17.8 Å². The number of hydrogen-bond donors (Lipinski definition) is 2. The van der Waals surface area contributed by atoms with E-state index in [1.807, 2.05) is 36.4 Å². The number of ether oxygens (including phenoxy) is 1. The maximum absolute atomic E-state index is 12.6. The number of benzene rings is 2. The third kappa shape index (κ3) is 5.51. The summed E-state index contributed by atoms with van der Waals surface area (Å²) in [6.07, 6.45) is 0.0145. The lowest BCUT2D eigenvalue weighted by atomic mass is 10.0. The molecule has 174 valence electrons. The van der Waals surface area contributed by atoms with Crippen LogP contribution in [-0.2, 0) is 16.1 Å². The quantitative estimate of drug-likeness (QED) is 0.548. The third-order valence-corrected chi connectivity index (χ3v) is 6.09. The second-order valence-electron chi connectivity index (χ2n) is 8.34. The summed E-state index contributed by atoms with van der Waals surface area (Å²) in [4.78, 5) is 32.5. The number of morpholine rings is 1. The van der Waals surface area contributed by atoms with E-state index in [2.05, 4.69) is 39.6 Å². The fourth-order valence-corrected chi connectivity index (χ4v) is 4.25. The Hall–Kier alpha value is -3.39. The molecule has 0 radical (unpaired) electrons. The number of rotatable bonds is 4. The van der Waals surface area contributed by atoms with E-state index in [1.54, 1.807) is 11.9 Å². The van der Waals surface area contributed by atoms with Gasteiger partial charge in [0.05, 0.1) is 19.7 Å². The second-order valence-corrected chi connectivity index (χ2v) is 8.34. The molecule has 2 aliphatic rings. The standard InChI is InChI=1S/C25H31N5O3/c1-18-5-3-4-6-21(18)22-16-30(13-14-33-22)25(26-2)28-15-19-7-9-20(10-8-19)24(32)29-12-11-27-23(31)17-29/h3-10,22H,11-17H2,1-2H3,(H,26,28)(H,27,31). The molecular formula is C25H31N5O3. The van der Waals surface area contributed by atoms with Crippen LogP contribution in [0.15, 0.2) is 53.5 Å². The number of carbonyl (C=O) groups excluding carboxylic acids is 2. The Balaban J connectivity index is 1.34. The zero-order chi connectivity index (χ0) is 23.2. The van der Waals surface area contributed by atoms with Gasteiger partial charge in [0.15, 0.2) is 5.96 Å². The molecule has 8 nitrogen and oxygen atoms in total. The van der Waals surface area contributed by atoms with Crippen LogP contribution in [0.25, 0.3) is 0 Å². The van der Waals surface area contributed by atoms with Crippen LogP contribution in [0.2, 0.25) is 0 Å². The summed E-state index contributed by atoms with van der Waals surface area (Å²) >= 11 is 0. The van der Waals surface area contributed by atoms with Gasteiger partial charge >= 0.3 is 0 Å². The number of nitrogens with zero attached hydrogens (tertiary/aromatic N) is 3. The largest absolute Gasteiger partial charge is 0.370 e. The first-order chi connectivity index (χ1) is 16.0. The molecule has 8 heteroatoms. The van der Waals surface area contributed by atoms with Crippen molar-refractivity contribution < 1.29 is 14.3 Å². The number of amides is 2. The zero-order valence-electron chi connectivity index (χ0n) is 19.2. The van der Waals surface area contributed by atoms with Crippen LogP contribution in [0, 0.1) is 6.92 Å². The van der Waals surface area contributed by atoms with Crippen molar-refractivity contribution in [1.29, 1.82) is 0 Å². The molecule has 2 fully saturated rings. The summed E-state index contributed by atoms with van der Waals surface area (Å²) in [5.74, 6) is 0.599. The van der Waals surface area contributed by atoms with E-state index in [0.29, 0.717) is 31.8 Å². The van der Waals surface area contributed by atoms with E-state index < -0.39 is 0 Å². The van der Waals surface area contributed by atoms with Gasteiger partial charge in [0.1, 0.15) is 6.10 Å². The highest BCUT2D eigenvalue weighted by Gasteiger charge is 2.25. The van der Waals surface area contributed by atoms with Crippen LogP contribution in [0.3, 0.4) is 0 Å². The normalized spacial score (nSPS) is 19.3. The average molecular weight is 450 g/mol. The van der Waals surface area contributed by atoms with E-state index in [0.717, 1.165) is 24.6 Å². The molecule has 2 amide bonds. The number of hydrogen-bond acceptors (Lipinski definition) is 4. The van der Waals surface area contributed by atoms with Crippen LogP contribution in [0.4, 0.5) is 0 Å². The SMILES string of the molecule is CN=C(NCc1ccc(C(=O)N2CCNC(=O)C2)cc1)N1CCOC(c2ccccc2C)C1. The minimum absolute atomic E-state index is 0.0145. The molecule has 2 aliphatic heterocycles. The lowest BCUT2D eigenvalue weighted by molar-refractivity contribution is -0.123. The molecular weight excluding hydrogens is 418 g/mol. The number of aliphatic imine (C=N–C) groups is 1. The summed E-state index contributed by atoms with van der Waals surface area (Å²) < 4.78 is 6.04. The molecule has 0 spiro atoms. The van der Waals surface area contributed by atoms with Gasteiger partial charge in [-0.25, -0.2) is 0 Å². The predicted octanol–water partition coefficient (Wildman–Crippen LogP) is 1.72. The van der Waals surface area contributed by atoms with Crippen LogP contribution in [0.1, 0.15) is 33.2 Å². The Morgan fingerprint density at radius 3 is 2.67 bits per heavy atom. The van der Waals surface area contributed by atoms with Crippen LogP contribution in [0.5, 0.6) is 0 Å². The van der Waals surface area contributed by atoms with Crippen LogP contribution in [-0.4, -0.2) is 74.0 Å². The zero-order valence-corrected chi connectivity index (χ0v) is 19.2. The van der Waals surface area contributed by atoms with Crippen molar-refractivity contribution in [3.8, 4) is 0 Å². The highest BCUT2D eigenvalue weighted by atomic mass is 16.5. The van der Waals surface area contributed by atoms with E-state index in [-0.39, 0.29) is 24.5 Å². The lowest BCUT2D eigenvalue weighted by Crippen LogP contribution is -2.49. The molecule has 0 aliphatic carbocycles. The van der Waals surface area contributed by atoms with Gasteiger partial charge in [-0.05, 0) is 35.7 Å². The topological polar surface area (TPSA) is 86.3 Å². The molecule has 4 rings (SSSR count). The smallest absolute Gasteiger partial charge is 0.254 e. The number of carbonyl (C=O) groups is 2. The number of aryl methyl sites for hydroxylation is 1. The van der Waals surface area contributed by atoms with Crippen LogP contribution >= 0.6 is 0 Å². The van der Waals surface area contributed by atoms with Crippen LogP contribution < -0.4 is 10.6 Å². The van der Waals surface area contributed by atoms with E-state index in [4.69, 9.17) is 4.74 Å². The Morgan fingerprint density at radius 1 is 1.15 bits per heavy atom. The molecule has 33 heavy (non-hydrogen) atoms. The van der Waals surface area contributed by atoms with E-state index >= 15 is 0 Å². The van der Waals surface area contributed by atoms with Gasteiger partial charge in [-0.15, -0.1) is 0 Å².